The fraction of sp³-hybridized carbons (Fsp3) is 0.0526. The van der Waals surface area contributed by atoms with Gasteiger partial charge in [-0.15, -0.1) is 0 Å². The Bertz CT molecular complexity index is 1110. The molecule has 0 fully saturated rings. The van der Waals surface area contributed by atoms with Crippen molar-refractivity contribution in [2.24, 2.45) is 0 Å². The largest absolute Gasteiger partial charge is 0.382 e. The summed E-state index contributed by atoms with van der Waals surface area (Å²) in [4.78, 5) is 10.5. The van der Waals surface area contributed by atoms with Crippen LogP contribution in [0, 0.1) is 17.0 Å². The van der Waals surface area contributed by atoms with Crippen LogP contribution in [-0.2, 0) is 0 Å². The molecule has 2 aromatic heterocycles. The van der Waals surface area contributed by atoms with E-state index in [1.165, 1.54) is 12.1 Å². The van der Waals surface area contributed by atoms with E-state index in [0.717, 1.165) is 28.1 Å². The molecule has 0 atom stereocenters. The zero-order valence-electron chi connectivity index (χ0n) is 14.5. The highest BCUT2D eigenvalue weighted by molar-refractivity contribution is 5.74. The lowest BCUT2D eigenvalue weighted by Crippen LogP contribution is -1.99. The van der Waals surface area contributed by atoms with Gasteiger partial charge >= 0.3 is 0 Å². The molecule has 0 aliphatic carbocycles. The van der Waals surface area contributed by atoms with E-state index in [1.54, 1.807) is 28.6 Å². The summed E-state index contributed by atoms with van der Waals surface area (Å²) in [6, 6.07) is 14.3. The van der Waals surface area contributed by atoms with Crippen molar-refractivity contribution in [2.45, 2.75) is 6.92 Å². The molecule has 0 aliphatic heterocycles. The maximum Gasteiger partial charge on any atom is 0.269 e. The van der Waals surface area contributed by atoms with E-state index in [2.05, 4.69) is 10.2 Å². The van der Waals surface area contributed by atoms with E-state index in [0.29, 0.717) is 5.82 Å². The van der Waals surface area contributed by atoms with Crippen LogP contribution in [0.15, 0.2) is 67.1 Å². The minimum absolute atomic E-state index is 0.0470. The Kier molecular flexibility index (Phi) is 3.92. The maximum absolute atomic E-state index is 10.9. The van der Waals surface area contributed by atoms with Crippen LogP contribution in [0.2, 0.25) is 0 Å². The van der Waals surface area contributed by atoms with Crippen LogP contribution in [0.5, 0.6) is 0 Å². The fourth-order valence-electron chi connectivity index (χ4n) is 2.96. The average molecular weight is 360 g/mol. The van der Waals surface area contributed by atoms with Crippen LogP contribution in [0.1, 0.15) is 5.56 Å². The average Bonchev–Trinajstić information content (AvgIpc) is 3.31. The second kappa shape index (κ2) is 6.41. The Morgan fingerprint density at radius 2 is 1.89 bits per heavy atom. The van der Waals surface area contributed by atoms with Gasteiger partial charge in [-0.1, -0.05) is 12.1 Å². The van der Waals surface area contributed by atoms with Crippen LogP contribution < -0.4 is 5.73 Å². The van der Waals surface area contributed by atoms with Crippen molar-refractivity contribution in [1.29, 1.82) is 0 Å². The van der Waals surface area contributed by atoms with E-state index in [4.69, 9.17) is 5.73 Å². The lowest BCUT2D eigenvalue weighted by atomic mass is 10.1. The smallest absolute Gasteiger partial charge is 0.269 e. The van der Waals surface area contributed by atoms with Crippen LogP contribution in [0.3, 0.4) is 0 Å². The van der Waals surface area contributed by atoms with Gasteiger partial charge in [-0.3, -0.25) is 10.1 Å². The van der Waals surface area contributed by atoms with Crippen LogP contribution in [-0.4, -0.2) is 24.5 Å². The van der Waals surface area contributed by atoms with Gasteiger partial charge in [0.15, 0.2) is 5.82 Å². The predicted octanol–water partition coefficient (Wildman–Crippen LogP) is 3.52. The van der Waals surface area contributed by atoms with Crippen molar-refractivity contribution in [3.8, 4) is 22.5 Å². The highest BCUT2D eigenvalue weighted by atomic mass is 16.6. The van der Waals surface area contributed by atoms with Crippen molar-refractivity contribution in [3.05, 3.63) is 82.8 Å². The molecule has 2 heterocycles. The van der Waals surface area contributed by atoms with Gasteiger partial charge in [0.1, 0.15) is 0 Å². The molecule has 0 spiro atoms. The third-order valence-corrected chi connectivity index (χ3v) is 4.33. The number of hydrogen-bond donors (Lipinski definition) is 1. The summed E-state index contributed by atoms with van der Waals surface area (Å²) < 4.78 is 3.42. The quantitative estimate of drug-likeness (QED) is 0.443. The number of aryl methyl sites for hydroxylation is 1. The minimum Gasteiger partial charge on any atom is -0.382 e. The van der Waals surface area contributed by atoms with Crippen molar-refractivity contribution in [3.63, 3.8) is 0 Å². The Hall–Kier alpha value is -3.94. The Labute approximate surface area is 154 Å². The monoisotopic (exact) mass is 360 g/mol. The fourth-order valence-corrected chi connectivity index (χ4v) is 2.96. The van der Waals surface area contributed by atoms with Gasteiger partial charge < -0.3 is 5.73 Å². The van der Waals surface area contributed by atoms with Gasteiger partial charge in [-0.05, 0) is 42.3 Å². The summed E-state index contributed by atoms with van der Waals surface area (Å²) in [5.41, 5.74) is 10.3. The molecule has 4 aromatic rings. The van der Waals surface area contributed by atoms with Gasteiger partial charge in [0, 0.05) is 36.3 Å². The third kappa shape index (κ3) is 3.04. The molecule has 0 saturated heterocycles. The van der Waals surface area contributed by atoms with Crippen molar-refractivity contribution in [2.75, 3.05) is 5.73 Å². The van der Waals surface area contributed by atoms with E-state index in [-0.39, 0.29) is 5.69 Å². The summed E-state index contributed by atoms with van der Waals surface area (Å²) in [6.45, 7) is 1.80. The molecule has 27 heavy (non-hydrogen) atoms. The van der Waals surface area contributed by atoms with E-state index in [1.807, 2.05) is 42.7 Å². The summed E-state index contributed by atoms with van der Waals surface area (Å²) in [5, 5.41) is 19.5. The predicted molar refractivity (Wildman–Crippen MR) is 102 cm³/mol. The number of nitrogens with zero attached hydrogens (tertiary/aromatic N) is 5. The standard InChI is InChI=1S/C19H16N6O2/c1-13-11-16(25(26)27)7-8-18(13)24-12-17(19(20)22-24)14-3-5-15(6-4-14)23-10-2-9-21-23/h2-12H,1H3,(H2,20,22). The summed E-state index contributed by atoms with van der Waals surface area (Å²) in [7, 11) is 0. The summed E-state index contributed by atoms with van der Waals surface area (Å²) in [5.74, 6) is 0.389. The summed E-state index contributed by atoms with van der Waals surface area (Å²) in [6.07, 6.45) is 5.42. The van der Waals surface area contributed by atoms with Crippen LogP contribution in [0.4, 0.5) is 11.5 Å². The third-order valence-electron chi connectivity index (χ3n) is 4.33. The number of hydrogen-bond acceptors (Lipinski definition) is 5. The lowest BCUT2D eigenvalue weighted by Gasteiger charge is -2.05. The number of rotatable bonds is 4. The van der Waals surface area contributed by atoms with E-state index < -0.39 is 4.92 Å². The normalized spacial score (nSPS) is 10.9. The van der Waals surface area contributed by atoms with Gasteiger partial charge in [-0.2, -0.15) is 10.2 Å². The van der Waals surface area contributed by atoms with Crippen molar-refractivity contribution in [1.82, 2.24) is 19.6 Å². The topological polar surface area (TPSA) is 105 Å². The molecule has 0 saturated carbocycles. The van der Waals surface area contributed by atoms with Crippen molar-refractivity contribution < 1.29 is 4.92 Å². The number of non-ortho nitro benzene ring substituents is 1. The molecule has 0 bridgehead atoms. The van der Waals surface area contributed by atoms with Gasteiger partial charge in [0.05, 0.1) is 16.3 Å². The molecule has 134 valence electrons. The van der Waals surface area contributed by atoms with Gasteiger partial charge in [0.2, 0.25) is 0 Å². The number of anilines is 1. The molecule has 2 N–H and O–H groups in total. The molecule has 0 radical (unpaired) electrons. The Morgan fingerprint density at radius 3 is 2.52 bits per heavy atom. The molecular formula is C19H16N6O2. The molecule has 0 unspecified atom stereocenters. The highest BCUT2D eigenvalue weighted by Gasteiger charge is 2.13. The maximum atomic E-state index is 10.9. The molecule has 0 aliphatic rings. The SMILES string of the molecule is Cc1cc([N+](=O)[O-])ccc1-n1cc(-c2ccc(-n3cccn3)cc2)c(N)n1. The molecule has 0 amide bonds. The van der Waals surface area contributed by atoms with Crippen LogP contribution in [0.25, 0.3) is 22.5 Å². The van der Waals surface area contributed by atoms with Crippen molar-refractivity contribution >= 4 is 11.5 Å². The zero-order chi connectivity index (χ0) is 19.0. The molecular weight excluding hydrogens is 344 g/mol. The van der Waals surface area contributed by atoms with Gasteiger partial charge in [0.25, 0.3) is 5.69 Å². The number of benzene rings is 2. The first-order valence-electron chi connectivity index (χ1n) is 8.24. The molecule has 2 aromatic carbocycles. The molecule has 8 nitrogen and oxygen atoms in total. The minimum atomic E-state index is -0.416. The van der Waals surface area contributed by atoms with E-state index >= 15 is 0 Å². The Morgan fingerprint density at radius 1 is 1.11 bits per heavy atom. The number of nitrogens with two attached hydrogens (primary N) is 1. The number of nitro benzene ring substituents is 1. The first-order chi connectivity index (χ1) is 13.0. The highest BCUT2D eigenvalue weighted by Crippen LogP contribution is 2.28. The van der Waals surface area contributed by atoms with Gasteiger partial charge in [-0.25, -0.2) is 9.36 Å². The zero-order valence-corrected chi connectivity index (χ0v) is 14.5. The summed E-state index contributed by atoms with van der Waals surface area (Å²) >= 11 is 0. The number of aromatic nitrogens is 4. The number of nitrogen functional groups attached to an aromatic ring is 1. The molecule has 8 heteroatoms. The number of nitro groups is 1. The molecule has 4 rings (SSSR count). The first-order valence-corrected chi connectivity index (χ1v) is 8.24. The lowest BCUT2D eigenvalue weighted by molar-refractivity contribution is -0.384. The van der Waals surface area contributed by atoms with E-state index in [9.17, 15) is 10.1 Å². The first kappa shape index (κ1) is 16.5. The Balaban J connectivity index is 1.69. The second-order valence-electron chi connectivity index (χ2n) is 6.10. The van der Waals surface area contributed by atoms with Crippen LogP contribution >= 0.6 is 0 Å². The second-order valence-corrected chi connectivity index (χ2v) is 6.10.